The first-order valence-electron chi connectivity index (χ1n) is 11.5. The molecule has 2 heterocycles. The van der Waals surface area contributed by atoms with Crippen molar-refractivity contribution < 1.29 is 0 Å². The number of rotatable bonds is 8. The summed E-state index contributed by atoms with van der Waals surface area (Å²) >= 11 is 14.3. The third-order valence-electron chi connectivity index (χ3n) is 8.55. The van der Waals surface area contributed by atoms with Gasteiger partial charge in [0.05, 0.1) is 0 Å². The van der Waals surface area contributed by atoms with Crippen LogP contribution in [0.3, 0.4) is 0 Å². The number of hydrogen-bond donors (Lipinski definition) is 2. The van der Waals surface area contributed by atoms with E-state index < -0.39 is 0 Å². The molecule has 0 nitrogen and oxygen atoms in total. The molecular weight excluding hydrogens is 405 g/mol. The van der Waals surface area contributed by atoms with E-state index in [4.69, 9.17) is 25.3 Å². The summed E-state index contributed by atoms with van der Waals surface area (Å²) in [5, 5.41) is 3.24. The first kappa shape index (κ1) is 21.6. The molecule has 4 fully saturated rings. The van der Waals surface area contributed by atoms with Gasteiger partial charge in [-0.1, -0.05) is 13.8 Å². The van der Waals surface area contributed by atoms with Crippen LogP contribution in [0.15, 0.2) is 0 Å². The molecule has 0 aromatic carbocycles. The molecule has 0 spiro atoms. The zero-order chi connectivity index (χ0) is 19.0. The van der Waals surface area contributed by atoms with Gasteiger partial charge < -0.3 is 0 Å². The average molecular weight is 445 g/mol. The summed E-state index contributed by atoms with van der Waals surface area (Å²) in [4.78, 5) is 0. The second kappa shape index (κ2) is 9.27. The van der Waals surface area contributed by atoms with E-state index in [2.05, 4.69) is 37.4 Å². The molecule has 4 aliphatic rings. The lowest BCUT2D eigenvalue weighted by Gasteiger charge is -2.47. The molecule has 4 atom stereocenters. The van der Waals surface area contributed by atoms with Crippen molar-refractivity contribution in [3.63, 3.8) is 0 Å². The van der Waals surface area contributed by atoms with Crippen molar-refractivity contribution in [3.05, 3.63) is 0 Å². The molecule has 27 heavy (non-hydrogen) atoms. The van der Waals surface area contributed by atoms with Gasteiger partial charge in [0.25, 0.3) is 0 Å². The van der Waals surface area contributed by atoms with E-state index in [1.54, 1.807) is 0 Å². The van der Waals surface area contributed by atoms with Crippen molar-refractivity contribution in [2.24, 2.45) is 29.1 Å². The van der Waals surface area contributed by atoms with Gasteiger partial charge in [0.15, 0.2) is 0 Å². The van der Waals surface area contributed by atoms with Gasteiger partial charge in [-0.05, 0) is 93.3 Å². The topological polar surface area (TPSA) is 0 Å². The van der Waals surface area contributed by atoms with E-state index in [0.29, 0.717) is 15.9 Å². The van der Waals surface area contributed by atoms with Crippen LogP contribution in [0.25, 0.3) is 0 Å². The number of thiol groups is 2. The Kier molecular flexibility index (Phi) is 7.42. The molecule has 2 saturated heterocycles. The minimum atomic E-state index is 0.535. The number of thioether (sulfide) groups is 2. The molecule has 2 aliphatic heterocycles. The summed E-state index contributed by atoms with van der Waals surface area (Å²) in [6, 6.07) is 0. The van der Waals surface area contributed by atoms with Gasteiger partial charge in [-0.15, -0.1) is 0 Å². The Morgan fingerprint density at radius 3 is 1.33 bits per heavy atom. The van der Waals surface area contributed by atoms with Crippen molar-refractivity contribution in [2.75, 3.05) is 11.5 Å². The third-order valence-corrected chi connectivity index (χ3v) is 11.8. The summed E-state index contributed by atoms with van der Waals surface area (Å²) in [5.41, 5.74) is 0.535. The molecule has 0 N–H and O–H groups in total. The van der Waals surface area contributed by atoms with Crippen LogP contribution in [0.2, 0.25) is 0 Å². The lowest BCUT2D eigenvalue weighted by Crippen LogP contribution is -2.38. The van der Waals surface area contributed by atoms with Crippen molar-refractivity contribution in [3.8, 4) is 0 Å². The Hall–Kier alpha value is 1.40. The Morgan fingerprint density at radius 1 is 0.704 bits per heavy atom. The molecule has 0 aromatic rings. The standard InChI is InChI=1S/C23H40S4/c1-23(2,17-7-3-15(4-8-17)21(24)11-19-13-26-19)18-9-5-16(6-10-18)22(25)12-20-14-27-20/h15-22,24-25H,3-14H2,1-2H3. The van der Waals surface area contributed by atoms with E-state index in [0.717, 1.165) is 34.2 Å². The summed E-state index contributed by atoms with van der Waals surface area (Å²) < 4.78 is 0. The van der Waals surface area contributed by atoms with Crippen LogP contribution in [0.4, 0.5) is 0 Å². The van der Waals surface area contributed by atoms with Gasteiger partial charge >= 0.3 is 0 Å². The average Bonchev–Trinajstić information content (AvgIpc) is 3.59. The maximum absolute atomic E-state index is 4.99. The van der Waals surface area contributed by atoms with E-state index in [1.807, 2.05) is 0 Å². The van der Waals surface area contributed by atoms with Crippen LogP contribution in [0.5, 0.6) is 0 Å². The molecule has 0 aromatic heterocycles. The molecule has 156 valence electrons. The lowest BCUT2D eigenvalue weighted by atomic mass is 9.59. The van der Waals surface area contributed by atoms with Gasteiger partial charge in [-0.25, -0.2) is 0 Å². The van der Waals surface area contributed by atoms with Gasteiger partial charge in [-0.2, -0.15) is 48.8 Å². The zero-order valence-corrected chi connectivity index (χ0v) is 20.7. The quantitative estimate of drug-likeness (QED) is 0.299. The second-order valence-electron chi connectivity index (χ2n) is 10.6. The third kappa shape index (κ3) is 5.76. The molecule has 2 saturated carbocycles. The Balaban J connectivity index is 1.22. The monoisotopic (exact) mass is 444 g/mol. The summed E-state index contributed by atoms with van der Waals surface area (Å²) in [5.74, 6) is 6.47. The summed E-state index contributed by atoms with van der Waals surface area (Å²) in [6.07, 6.45) is 14.3. The van der Waals surface area contributed by atoms with Crippen LogP contribution in [0.1, 0.15) is 78.1 Å². The summed E-state index contributed by atoms with van der Waals surface area (Å²) in [7, 11) is 0. The predicted molar refractivity (Wildman–Crippen MR) is 132 cm³/mol. The van der Waals surface area contributed by atoms with Gasteiger partial charge in [0.2, 0.25) is 0 Å². The van der Waals surface area contributed by atoms with Gasteiger partial charge in [0.1, 0.15) is 0 Å². The van der Waals surface area contributed by atoms with Crippen molar-refractivity contribution in [1.82, 2.24) is 0 Å². The molecule has 2 aliphatic carbocycles. The van der Waals surface area contributed by atoms with Crippen molar-refractivity contribution in [1.29, 1.82) is 0 Å². The van der Waals surface area contributed by atoms with E-state index in [9.17, 15) is 0 Å². The largest absolute Gasteiger partial charge is 0.176 e. The van der Waals surface area contributed by atoms with Gasteiger partial charge in [-0.3, -0.25) is 0 Å². The fourth-order valence-electron chi connectivity index (χ4n) is 6.16. The predicted octanol–water partition coefficient (Wildman–Crippen LogP) is 7.23. The Morgan fingerprint density at radius 2 is 1.04 bits per heavy atom. The smallest absolute Gasteiger partial charge is 0.0149 e. The lowest BCUT2D eigenvalue weighted by molar-refractivity contribution is 0.0381. The second-order valence-corrected chi connectivity index (χ2v) is 14.6. The molecule has 0 bridgehead atoms. The van der Waals surface area contributed by atoms with Crippen LogP contribution >= 0.6 is 48.8 Å². The molecule has 4 heteroatoms. The normalized spacial score (nSPS) is 41.8. The minimum Gasteiger partial charge on any atom is -0.176 e. The van der Waals surface area contributed by atoms with Crippen LogP contribution in [-0.4, -0.2) is 32.5 Å². The van der Waals surface area contributed by atoms with Crippen molar-refractivity contribution >= 4 is 48.8 Å². The minimum absolute atomic E-state index is 0.535. The Labute approximate surface area is 187 Å². The fourth-order valence-corrected chi connectivity index (χ4v) is 8.78. The van der Waals surface area contributed by atoms with Crippen LogP contribution < -0.4 is 0 Å². The molecular formula is C23H40S4. The van der Waals surface area contributed by atoms with Gasteiger partial charge in [0, 0.05) is 32.5 Å². The van der Waals surface area contributed by atoms with Crippen LogP contribution in [-0.2, 0) is 0 Å². The SMILES string of the molecule is CC(C)(C1CCC(C(S)CC2CS2)CC1)C1CCC(C(S)CC2CS2)CC1. The van der Waals surface area contributed by atoms with Crippen molar-refractivity contribution in [2.45, 2.75) is 99.1 Å². The highest BCUT2D eigenvalue weighted by Gasteiger charge is 2.42. The van der Waals surface area contributed by atoms with Crippen LogP contribution in [0, 0.1) is 29.1 Å². The maximum atomic E-state index is 4.99. The zero-order valence-electron chi connectivity index (χ0n) is 17.3. The molecule has 4 unspecified atom stereocenters. The fraction of sp³-hybridized carbons (Fsp3) is 1.00. The summed E-state index contributed by atoms with van der Waals surface area (Å²) in [6.45, 7) is 5.22. The molecule has 4 rings (SSSR count). The molecule has 0 radical (unpaired) electrons. The van der Waals surface area contributed by atoms with E-state index >= 15 is 0 Å². The first-order valence-corrected chi connectivity index (χ1v) is 14.7. The van der Waals surface area contributed by atoms with E-state index in [-0.39, 0.29) is 0 Å². The highest BCUT2D eigenvalue weighted by atomic mass is 32.2. The molecule has 0 amide bonds. The van der Waals surface area contributed by atoms with E-state index in [1.165, 1.54) is 75.7 Å². The highest BCUT2D eigenvalue weighted by Crippen LogP contribution is 2.52. The number of hydrogen-bond acceptors (Lipinski definition) is 4. The highest BCUT2D eigenvalue weighted by molar-refractivity contribution is 8.07. The Bertz CT molecular complexity index is 427. The first-order chi connectivity index (χ1) is 12.9. The maximum Gasteiger partial charge on any atom is 0.0149 e.